The molecule has 0 saturated carbocycles. The van der Waals surface area contributed by atoms with Crippen LogP contribution in [-0.4, -0.2) is 141 Å². The maximum absolute atomic E-state index is 10.9. The number of carbonyl (C=O) groups excluding carboxylic acids is 8. The van der Waals surface area contributed by atoms with Crippen molar-refractivity contribution in [1.82, 2.24) is 21.3 Å². The van der Waals surface area contributed by atoms with Gasteiger partial charge in [0.2, 0.25) is 23.6 Å². The predicted molar refractivity (Wildman–Crippen MR) is 288 cm³/mol. The predicted octanol–water partition coefficient (Wildman–Crippen LogP) is 8.96. The Hall–Kier alpha value is -0.400. The molecule has 0 fully saturated rings. The van der Waals surface area contributed by atoms with E-state index in [-0.39, 0.29) is 71.1 Å². The van der Waals surface area contributed by atoms with Crippen molar-refractivity contribution in [3.63, 3.8) is 0 Å². The van der Waals surface area contributed by atoms with Crippen LogP contribution in [0.4, 0.5) is 0 Å². The number of halogens is 8. The summed E-state index contributed by atoms with van der Waals surface area (Å²) in [5, 5.41) is 10.1. The number of ether oxygens (including phenoxy) is 4. The molecule has 0 aliphatic rings. The van der Waals surface area contributed by atoms with Gasteiger partial charge in [-0.05, 0) is 81.1 Å². The van der Waals surface area contributed by atoms with Crippen LogP contribution in [0.1, 0.15) is 109 Å². The van der Waals surface area contributed by atoms with Crippen molar-refractivity contribution in [2.24, 2.45) is 0 Å². The molecule has 16 nitrogen and oxygen atoms in total. The van der Waals surface area contributed by atoms with Crippen molar-refractivity contribution in [2.75, 3.05) is 56.6 Å². The summed E-state index contributed by atoms with van der Waals surface area (Å²) in [5.74, 6) is -0.815. The number of nitrogens with one attached hydrogen (secondary N) is 4. The van der Waals surface area contributed by atoms with Crippen LogP contribution in [0.15, 0.2) is 0 Å². The average Bonchev–Trinajstić information content (AvgIpc) is 3.26. The van der Waals surface area contributed by atoms with E-state index in [0.717, 1.165) is 25.7 Å². The van der Waals surface area contributed by atoms with Gasteiger partial charge in [0.25, 0.3) is 0 Å². The van der Waals surface area contributed by atoms with E-state index in [4.69, 9.17) is 0 Å². The SMILES string of the molecule is CCC(Br)C(=O)NC.CCC(Br)C(=O)OC.CCC(C)(Br)C(=O)NC.CCC(C)(Br)C(=O)OC.CNC(=O)C(C)(C)Br.CNC(=O)C(C)Br.COC(=O)C(C)(C)Br.COC(=O)C(C)Br. The lowest BCUT2D eigenvalue weighted by atomic mass is 10.1. The minimum Gasteiger partial charge on any atom is -0.468 e. The zero-order valence-corrected chi connectivity index (χ0v) is 53.7. The van der Waals surface area contributed by atoms with Crippen LogP contribution in [-0.2, 0) is 57.3 Å². The summed E-state index contributed by atoms with van der Waals surface area (Å²) in [6.07, 6.45) is 3.14. The van der Waals surface area contributed by atoms with E-state index >= 15 is 0 Å². The number of hydrogen-bond donors (Lipinski definition) is 4. The second kappa shape index (κ2) is 46.3. The fourth-order valence-electron chi connectivity index (χ4n) is 2.32. The molecule has 6 unspecified atom stereocenters. The number of hydrogen-bond acceptors (Lipinski definition) is 12. The van der Waals surface area contributed by atoms with Gasteiger partial charge in [-0.1, -0.05) is 155 Å². The van der Waals surface area contributed by atoms with E-state index in [2.05, 4.69) is 168 Å². The molecule has 0 aromatic rings. The van der Waals surface area contributed by atoms with Crippen molar-refractivity contribution < 1.29 is 57.3 Å². The van der Waals surface area contributed by atoms with Crippen molar-refractivity contribution in [2.45, 2.75) is 145 Å². The number of esters is 4. The smallest absolute Gasteiger partial charge is 0.322 e. The molecule has 0 aliphatic heterocycles. The first-order chi connectivity index (χ1) is 28.8. The first-order valence-electron chi connectivity index (χ1n) is 19.4. The van der Waals surface area contributed by atoms with Gasteiger partial charge in [-0.25, -0.2) is 0 Å². The first-order valence-corrected chi connectivity index (χ1v) is 26.2. The van der Waals surface area contributed by atoms with Gasteiger partial charge in [-0.3, -0.25) is 38.4 Å². The van der Waals surface area contributed by atoms with E-state index < -0.39 is 13.0 Å². The average molecular weight is 1440 g/mol. The van der Waals surface area contributed by atoms with Gasteiger partial charge in [-0.2, -0.15) is 0 Å². The van der Waals surface area contributed by atoms with Crippen LogP contribution in [0.5, 0.6) is 0 Å². The Morgan fingerprint density at radius 3 is 0.859 bits per heavy atom. The van der Waals surface area contributed by atoms with E-state index in [1.807, 2.05) is 34.6 Å². The Balaban J connectivity index is -0.0000000935. The van der Waals surface area contributed by atoms with Crippen molar-refractivity contribution in [3.8, 4) is 0 Å². The molecule has 64 heavy (non-hydrogen) atoms. The molecule has 0 rings (SSSR count). The number of rotatable bonds is 12. The van der Waals surface area contributed by atoms with Gasteiger partial charge in [-0.15, -0.1) is 0 Å². The van der Waals surface area contributed by atoms with Gasteiger partial charge in [0.1, 0.15) is 22.6 Å². The van der Waals surface area contributed by atoms with E-state index in [0.29, 0.717) is 0 Å². The lowest BCUT2D eigenvalue weighted by Gasteiger charge is -2.17. The number of alkyl halides is 8. The summed E-state index contributed by atoms with van der Waals surface area (Å²) in [7, 11) is 12.0. The Bertz CT molecular complexity index is 1200. The number of carbonyl (C=O) groups is 8. The van der Waals surface area contributed by atoms with Gasteiger partial charge in [0.05, 0.1) is 42.4 Å². The standard InChI is InChI=1S/C6H12BrNO.C6H11BrO2.2C5H10BrNO.2C5H9BrO2.C4H8BrNO.C4H7BrO2/c1-4-6(2,7)5(9)8-3;1-4-6(2,7)5(8)9-3;1-5(2,6)4(8)7-3;1-3-4(6)5(8)7-2;1-5(2,6)4(7)8-3;1-3-4(6)5(7)8-2;1-3(5)4(7)6-2;1-3(5)4(6)7-2/h4H2,1-3H3,(H,8,9);4H2,1-3H3;1-3H3,(H,7,8);4H,3H2,1-2H3,(H,7,8);1-3H3;4H,3H2,1-2H3;3H,1-2H3,(H,6,7);3H,1-2H3. The molecule has 4 amide bonds. The molecule has 0 aromatic heterocycles. The normalized spacial score (nSPS) is 13.4. The maximum atomic E-state index is 10.9. The molecular formula is C40H76Br8N4O12. The summed E-state index contributed by atoms with van der Waals surface area (Å²) in [4.78, 5) is 84.2. The zero-order valence-electron chi connectivity index (χ0n) is 41.1. The molecule has 0 aromatic carbocycles. The minimum atomic E-state index is -0.540. The highest BCUT2D eigenvalue weighted by Crippen LogP contribution is 2.22. The Kier molecular flexibility index (Phi) is 58.4. The quantitative estimate of drug-likeness (QED) is 0.0817. The van der Waals surface area contributed by atoms with Crippen LogP contribution >= 0.6 is 127 Å². The third-order valence-corrected chi connectivity index (χ3v) is 12.3. The molecule has 0 spiro atoms. The summed E-state index contributed by atoms with van der Waals surface area (Å²) >= 11 is 25.3. The van der Waals surface area contributed by atoms with Crippen molar-refractivity contribution in [3.05, 3.63) is 0 Å². The fraction of sp³-hybridized carbons (Fsp3) is 0.800. The van der Waals surface area contributed by atoms with Crippen molar-refractivity contribution in [1.29, 1.82) is 0 Å². The summed E-state index contributed by atoms with van der Waals surface area (Å²) < 4.78 is 15.8. The highest BCUT2D eigenvalue weighted by atomic mass is 79.9. The van der Waals surface area contributed by atoms with Crippen LogP contribution in [0.25, 0.3) is 0 Å². The first kappa shape index (κ1) is 80.6. The second-order valence-corrected chi connectivity index (χ2v) is 25.9. The lowest BCUT2D eigenvalue weighted by Crippen LogP contribution is -2.36. The Morgan fingerprint density at radius 1 is 0.453 bits per heavy atom. The number of methoxy groups -OCH3 is 4. The Morgan fingerprint density at radius 2 is 0.797 bits per heavy atom. The van der Waals surface area contributed by atoms with Gasteiger partial charge < -0.3 is 40.2 Å². The van der Waals surface area contributed by atoms with Gasteiger partial charge in [0.15, 0.2) is 0 Å². The summed E-state index contributed by atoms with van der Waals surface area (Å²) in [5.41, 5.74) is 0. The molecule has 6 atom stereocenters. The van der Waals surface area contributed by atoms with E-state index in [1.54, 1.807) is 76.7 Å². The summed E-state index contributed by atoms with van der Waals surface area (Å²) in [6, 6.07) is 0. The van der Waals surface area contributed by atoms with Crippen LogP contribution in [0, 0.1) is 0 Å². The van der Waals surface area contributed by atoms with E-state index in [1.165, 1.54) is 28.4 Å². The highest BCUT2D eigenvalue weighted by molar-refractivity contribution is 9.11. The lowest BCUT2D eigenvalue weighted by molar-refractivity contribution is -0.143. The van der Waals surface area contributed by atoms with Crippen LogP contribution < -0.4 is 21.3 Å². The molecular weight excluding hydrogens is 1370 g/mol. The highest BCUT2D eigenvalue weighted by Gasteiger charge is 2.28. The molecule has 0 aliphatic carbocycles. The largest absolute Gasteiger partial charge is 0.468 e. The van der Waals surface area contributed by atoms with Crippen LogP contribution in [0.3, 0.4) is 0 Å². The zero-order chi connectivity index (χ0) is 53.4. The topological polar surface area (TPSA) is 222 Å². The molecule has 0 radical (unpaired) electrons. The molecule has 384 valence electrons. The van der Waals surface area contributed by atoms with E-state index in [9.17, 15) is 38.4 Å². The second-order valence-electron chi connectivity index (χ2n) is 13.4. The molecule has 4 N–H and O–H groups in total. The fourth-order valence-corrected chi connectivity index (χ4v) is 3.87. The minimum absolute atomic E-state index is 0.00231. The molecule has 0 heterocycles. The third-order valence-electron chi connectivity index (χ3n) is 6.92. The van der Waals surface area contributed by atoms with Gasteiger partial charge >= 0.3 is 23.9 Å². The maximum Gasteiger partial charge on any atom is 0.322 e. The number of amides is 4. The monoisotopic (exact) mass is 1440 g/mol. The third kappa shape index (κ3) is 52.6. The van der Waals surface area contributed by atoms with Gasteiger partial charge in [0, 0.05) is 28.2 Å². The van der Waals surface area contributed by atoms with Crippen molar-refractivity contribution >= 4 is 175 Å². The molecule has 24 heteroatoms. The Labute approximate surface area is 451 Å². The molecule has 0 bridgehead atoms. The van der Waals surface area contributed by atoms with Crippen LogP contribution in [0.2, 0.25) is 0 Å². The summed E-state index contributed by atoms with van der Waals surface area (Å²) in [6.45, 7) is 21.9. The molecule has 0 saturated heterocycles.